The molecule has 0 saturated heterocycles. The van der Waals surface area contributed by atoms with Crippen molar-refractivity contribution >= 4 is 22.9 Å². The molecule has 6 heteroatoms. The summed E-state index contributed by atoms with van der Waals surface area (Å²) in [7, 11) is 0. The number of nitrogens with two attached hydrogens (primary N) is 1. The zero-order valence-corrected chi connectivity index (χ0v) is 11.7. The number of anilines is 2. The molecule has 22 heavy (non-hydrogen) atoms. The zero-order chi connectivity index (χ0) is 15.7. The van der Waals surface area contributed by atoms with E-state index in [1.807, 2.05) is 0 Å². The van der Waals surface area contributed by atoms with Crippen molar-refractivity contribution < 1.29 is 13.2 Å². The minimum Gasteiger partial charge on any atom is -0.383 e. The van der Waals surface area contributed by atoms with Crippen LogP contribution in [0.15, 0.2) is 41.4 Å². The number of para-hydroxylation sites is 1. The van der Waals surface area contributed by atoms with E-state index in [1.165, 1.54) is 11.0 Å². The summed E-state index contributed by atoms with van der Waals surface area (Å²) in [6, 6.07) is 9.58. The number of hydrogen-bond donors (Lipinski definition) is 1. The Morgan fingerprint density at radius 1 is 1.00 bits per heavy atom. The second-order valence-corrected chi connectivity index (χ2v) is 4.95. The second-order valence-electron chi connectivity index (χ2n) is 4.95. The molecule has 0 saturated carbocycles. The van der Waals surface area contributed by atoms with Crippen molar-refractivity contribution in [2.45, 2.75) is 13.3 Å². The number of fused-ring (bicyclic) bond motifs is 2. The maximum Gasteiger partial charge on any atom is 0.166 e. The van der Waals surface area contributed by atoms with E-state index in [-0.39, 0.29) is 5.84 Å². The van der Waals surface area contributed by atoms with Gasteiger partial charge < -0.3 is 10.6 Å². The third kappa shape index (κ3) is 2.20. The van der Waals surface area contributed by atoms with Crippen LogP contribution in [0.4, 0.5) is 30.2 Å². The first-order valence-corrected chi connectivity index (χ1v) is 6.74. The largest absolute Gasteiger partial charge is 0.383 e. The SMILES string of the molecule is NC1=Nc2c(CF)cccc2N(CF)c2ccc(CF)cc21. The molecule has 1 heterocycles. The Morgan fingerprint density at radius 3 is 2.50 bits per heavy atom. The summed E-state index contributed by atoms with van der Waals surface area (Å²) < 4.78 is 39.7. The van der Waals surface area contributed by atoms with Crippen molar-refractivity contribution in [3.05, 3.63) is 53.1 Å². The highest BCUT2D eigenvalue weighted by atomic mass is 19.1. The highest BCUT2D eigenvalue weighted by Crippen LogP contribution is 2.41. The molecule has 0 amide bonds. The van der Waals surface area contributed by atoms with Crippen LogP contribution in [0, 0.1) is 0 Å². The van der Waals surface area contributed by atoms with Crippen LogP contribution in [0.5, 0.6) is 0 Å². The molecular formula is C16H14F3N3. The number of amidine groups is 1. The average Bonchev–Trinajstić information content (AvgIpc) is 2.68. The first kappa shape index (κ1) is 14.4. The van der Waals surface area contributed by atoms with Gasteiger partial charge in [0.05, 0.1) is 17.1 Å². The normalized spacial score (nSPS) is 13.2. The number of alkyl halides is 3. The van der Waals surface area contributed by atoms with E-state index in [1.54, 1.807) is 30.3 Å². The van der Waals surface area contributed by atoms with E-state index in [9.17, 15) is 13.2 Å². The van der Waals surface area contributed by atoms with E-state index < -0.39 is 20.1 Å². The average molecular weight is 305 g/mol. The number of rotatable bonds is 3. The number of aliphatic imine (C=N–C) groups is 1. The predicted octanol–water partition coefficient (Wildman–Crippen LogP) is 4.04. The van der Waals surface area contributed by atoms with Crippen molar-refractivity contribution in [3.8, 4) is 0 Å². The summed E-state index contributed by atoms with van der Waals surface area (Å²) in [6.45, 7) is -2.21. The van der Waals surface area contributed by atoms with Gasteiger partial charge in [0.2, 0.25) is 0 Å². The van der Waals surface area contributed by atoms with Crippen LogP contribution in [0.2, 0.25) is 0 Å². The third-order valence-electron chi connectivity index (χ3n) is 3.67. The minimum atomic E-state index is -0.826. The number of benzene rings is 2. The van der Waals surface area contributed by atoms with Gasteiger partial charge in [0.1, 0.15) is 19.2 Å². The summed E-state index contributed by atoms with van der Waals surface area (Å²) in [5.41, 5.74) is 8.40. The monoisotopic (exact) mass is 305 g/mol. The Morgan fingerprint density at radius 2 is 1.82 bits per heavy atom. The van der Waals surface area contributed by atoms with Gasteiger partial charge in [-0.2, -0.15) is 0 Å². The Balaban J connectivity index is 2.29. The Labute approximate surface area is 125 Å². The Kier molecular flexibility index (Phi) is 3.75. The summed E-state index contributed by atoms with van der Waals surface area (Å²) >= 11 is 0. The van der Waals surface area contributed by atoms with E-state index in [2.05, 4.69) is 4.99 Å². The minimum absolute atomic E-state index is 0.114. The zero-order valence-electron chi connectivity index (χ0n) is 11.7. The molecule has 0 spiro atoms. The molecule has 0 radical (unpaired) electrons. The highest BCUT2D eigenvalue weighted by molar-refractivity contribution is 6.07. The molecule has 0 bridgehead atoms. The lowest BCUT2D eigenvalue weighted by molar-refractivity contribution is 0.484. The number of nitrogens with zero attached hydrogens (tertiary/aromatic N) is 2. The molecule has 114 valence electrons. The van der Waals surface area contributed by atoms with Crippen LogP contribution < -0.4 is 10.6 Å². The van der Waals surface area contributed by atoms with Crippen molar-refractivity contribution in [2.75, 3.05) is 11.7 Å². The van der Waals surface area contributed by atoms with Crippen molar-refractivity contribution in [3.63, 3.8) is 0 Å². The van der Waals surface area contributed by atoms with Gasteiger partial charge in [0, 0.05) is 11.1 Å². The highest BCUT2D eigenvalue weighted by Gasteiger charge is 2.23. The van der Waals surface area contributed by atoms with Crippen LogP contribution >= 0.6 is 0 Å². The smallest absolute Gasteiger partial charge is 0.166 e. The molecule has 2 aromatic carbocycles. The molecular weight excluding hydrogens is 291 g/mol. The standard InChI is InChI=1S/C16H14F3N3/c17-7-10-4-5-13-12(6-10)16(20)21-15-11(8-18)2-1-3-14(15)22(13)9-19/h1-6H,7-9H2,(H2,20,21). The first-order valence-electron chi connectivity index (χ1n) is 6.74. The molecule has 0 aliphatic carbocycles. The van der Waals surface area contributed by atoms with Crippen LogP contribution in [-0.2, 0) is 13.3 Å². The van der Waals surface area contributed by atoms with Crippen LogP contribution in [0.3, 0.4) is 0 Å². The van der Waals surface area contributed by atoms with Gasteiger partial charge in [-0.15, -0.1) is 0 Å². The van der Waals surface area contributed by atoms with Crippen molar-refractivity contribution in [2.24, 2.45) is 10.7 Å². The van der Waals surface area contributed by atoms with Gasteiger partial charge >= 0.3 is 0 Å². The molecule has 0 unspecified atom stereocenters. The first-order chi connectivity index (χ1) is 10.7. The molecule has 3 rings (SSSR count). The van der Waals surface area contributed by atoms with Crippen molar-refractivity contribution in [1.82, 2.24) is 0 Å². The lowest BCUT2D eigenvalue weighted by atomic mass is 10.1. The summed E-state index contributed by atoms with van der Waals surface area (Å²) in [5, 5.41) is 0. The molecule has 2 aromatic rings. The van der Waals surface area contributed by atoms with E-state index >= 15 is 0 Å². The van der Waals surface area contributed by atoms with E-state index in [0.29, 0.717) is 33.8 Å². The summed E-state index contributed by atoms with van der Waals surface area (Å²) in [4.78, 5) is 5.61. The van der Waals surface area contributed by atoms with Gasteiger partial charge in [-0.25, -0.2) is 18.2 Å². The van der Waals surface area contributed by atoms with Crippen LogP contribution in [0.25, 0.3) is 0 Å². The Bertz CT molecular complexity index is 743. The summed E-state index contributed by atoms with van der Waals surface area (Å²) in [6.07, 6.45) is 0. The third-order valence-corrected chi connectivity index (χ3v) is 3.67. The van der Waals surface area contributed by atoms with Gasteiger partial charge in [0.25, 0.3) is 0 Å². The van der Waals surface area contributed by atoms with Gasteiger partial charge in [0.15, 0.2) is 6.80 Å². The Hall–Kier alpha value is -2.50. The molecule has 2 N–H and O–H groups in total. The fraction of sp³-hybridized carbons (Fsp3) is 0.188. The van der Waals surface area contributed by atoms with Crippen molar-refractivity contribution in [1.29, 1.82) is 0 Å². The predicted molar refractivity (Wildman–Crippen MR) is 81.0 cm³/mol. The van der Waals surface area contributed by atoms with Gasteiger partial charge in [-0.3, -0.25) is 0 Å². The van der Waals surface area contributed by atoms with Crippen LogP contribution in [-0.4, -0.2) is 12.6 Å². The lowest BCUT2D eigenvalue weighted by Crippen LogP contribution is -2.20. The molecule has 0 fully saturated rings. The molecule has 0 atom stereocenters. The molecule has 0 aromatic heterocycles. The van der Waals surface area contributed by atoms with E-state index in [0.717, 1.165) is 0 Å². The molecule has 3 nitrogen and oxygen atoms in total. The fourth-order valence-electron chi connectivity index (χ4n) is 2.58. The molecule has 1 aliphatic heterocycles. The van der Waals surface area contributed by atoms with Gasteiger partial charge in [-0.05, 0) is 23.8 Å². The van der Waals surface area contributed by atoms with Gasteiger partial charge in [-0.1, -0.05) is 18.2 Å². The van der Waals surface area contributed by atoms with E-state index in [4.69, 9.17) is 5.73 Å². The fourth-order valence-corrected chi connectivity index (χ4v) is 2.58. The number of halogens is 3. The topological polar surface area (TPSA) is 41.6 Å². The number of hydrogen-bond acceptors (Lipinski definition) is 3. The second kappa shape index (κ2) is 5.71. The summed E-state index contributed by atoms with van der Waals surface area (Å²) in [5.74, 6) is 0.114. The quantitative estimate of drug-likeness (QED) is 0.870. The lowest BCUT2D eigenvalue weighted by Gasteiger charge is -2.23. The maximum atomic E-state index is 13.6. The molecule has 1 aliphatic rings. The maximum absolute atomic E-state index is 13.6. The van der Waals surface area contributed by atoms with Crippen LogP contribution in [0.1, 0.15) is 16.7 Å².